The molecule has 0 nitrogen and oxygen atoms in total. The number of benzene rings is 5. The van der Waals surface area contributed by atoms with E-state index in [0.717, 1.165) is 32.7 Å². The van der Waals surface area contributed by atoms with E-state index in [0.29, 0.717) is 10.8 Å². The monoisotopic (exact) mass is 322 g/mol. The van der Waals surface area contributed by atoms with E-state index in [9.17, 15) is 0 Å². The summed E-state index contributed by atoms with van der Waals surface area (Å²) in [7, 11) is 0. The van der Waals surface area contributed by atoms with Crippen LogP contribution in [0.1, 0.15) is 0 Å². The Kier molecular flexibility index (Phi) is 3.07. The van der Waals surface area contributed by atoms with Crippen LogP contribution in [0.15, 0.2) is 91.0 Å². The molecule has 0 radical (unpaired) electrons. The zero-order chi connectivity index (χ0) is 16.8. The van der Waals surface area contributed by atoms with Gasteiger partial charge < -0.3 is 0 Å². The van der Waals surface area contributed by atoms with Gasteiger partial charge in [0.2, 0.25) is 0 Å². The second-order valence-corrected chi connectivity index (χ2v) is 6.31. The van der Waals surface area contributed by atoms with Crippen molar-refractivity contribution in [3.8, 4) is 11.1 Å². The summed E-state index contributed by atoms with van der Waals surface area (Å²) >= 11 is 0. The molecule has 0 saturated heterocycles. The molecule has 0 bridgehead atoms. The second kappa shape index (κ2) is 5.42. The van der Waals surface area contributed by atoms with Gasteiger partial charge >= 0.3 is 0 Å². The van der Waals surface area contributed by atoms with Crippen LogP contribution in [0.3, 0.4) is 0 Å². The van der Waals surface area contributed by atoms with Gasteiger partial charge in [0.15, 0.2) is 0 Å². The second-order valence-electron chi connectivity index (χ2n) is 6.31. The van der Waals surface area contributed by atoms with Gasteiger partial charge in [-0.15, -0.1) is 0 Å². The molecule has 5 aromatic carbocycles. The Morgan fingerprint density at radius 3 is 1.92 bits per heavy atom. The van der Waals surface area contributed by atoms with Crippen molar-refractivity contribution in [3.05, 3.63) is 96.8 Å². The maximum atomic E-state index is 15.3. The van der Waals surface area contributed by atoms with Crippen molar-refractivity contribution < 1.29 is 4.39 Å². The van der Waals surface area contributed by atoms with E-state index in [2.05, 4.69) is 24.3 Å². The Morgan fingerprint density at radius 1 is 0.480 bits per heavy atom. The Hall–Kier alpha value is -3.19. The van der Waals surface area contributed by atoms with Gasteiger partial charge in [-0.2, -0.15) is 0 Å². The Balaban J connectivity index is 2.13. The smallest absolute Gasteiger partial charge is 0.138 e. The lowest BCUT2D eigenvalue weighted by Gasteiger charge is -2.15. The first-order chi connectivity index (χ1) is 12.3. The third-order valence-electron chi connectivity index (χ3n) is 4.91. The average molecular weight is 322 g/mol. The summed E-state index contributed by atoms with van der Waals surface area (Å²) in [5.74, 6) is -0.143. The van der Waals surface area contributed by atoms with E-state index < -0.39 is 0 Å². The summed E-state index contributed by atoms with van der Waals surface area (Å²) in [6.45, 7) is 0. The molecule has 0 aliphatic carbocycles. The molecule has 0 heterocycles. The highest BCUT2D eigenvalue weighted by molar-refractivity contribution is 6.22. The van der Waals surface area contributed by atoms with Gasteiger partial charge in [-0.25, -0.2) is 4.39 Å². The summed E-state index contributed by atoms with van der Waals surface area (Å²) < 4.78 is 15.3. The fraction of sp³-hybridized carbons (Fsp3) is 0. The molecular formula is C24H15F. The molecule has 0 spiro atoms. The van der Waals surface area contributed by atoms with E-state index in [-0.39, 0.29) is 5.82 Å². The minimum Gasteiger partial charge on any atom is -0.206 e. The molecule has 5 aromatic rings. The Bertz CT molecular complexity index is 1240. The Morgan fingerprint density at radius 2 is 1.12 bits per heavy atom. The normalized spacial score (nSPS) is 11.4. The van der Waals surface area contributed by atoms with E-state index in [1.807, 2.05) is 66.7 Å². The van der Waals surface area contributed by atoms with E-state index in [1.54, 1.807) is 0 Å². The van der Waals surface area contributed by atoms with Gasteiger partial charge in [0.05, 0.1) is 0 Å². The topological polar surface area (TPSA) is 0 Å². The third-order valence-corrected chi connectivity index (χ3v) is 4.91. The summed E-state index contributed by atoms with van der Waals surface area (Å²) in [6.07, 6.45) is 0. The van der Waals surface area contributed by atoms with Gasteiger partial charge in [0.25, 0.3) is 0 Å². The first-order valence-electron chi connectivity index (χ1n) is 8.42. The highest BCUT2D eigenvalue weighted by Gasteiger charge is 2.16. The van der Waals surface area contributed by atoms with Gasteiger partial charge in [-0.3, -0.25) is 0 Å². The SMILES string of the molecule is Fc1c2ccccc2c(-c2ccccc2)c2c1ccc1ccccc12. The minimum absolute atomic E-state index is 0.143. The molecule has 0 atom stereocenters. The quantitative estimate of drug-likeness (QED) is 0.231. The maximum absolute atomic E-state index is 15.3. The Labute approximate surface area is 145 Å². The van der Waals surface area contributed by atoms with Crippen LogP contribution in [0.4, 0.5) is 4.39 Å². The molecule has 25 heavy (non-hydrogen) atoms. The first kappa shape index (κ1) is 14.2. The fourth-order valence-electron chi connectivity index (χ4n) is 3.80. The van der Waals surface area contributed by atoms with Crippen molar-refractivity contribution in [3.63, 3.8) is 0 Å². The molecule has 118 valence electrons. The molecule has 0 unspecified atom stereocenters. The molecule has 0 aliphatic heterocycles. The predicted octanol–water partition coefficient (Wildman–Crippen LogP) is 6.95. The molecule has 0 aliphatic rings. The van der Waals surface area contributed by atoms with E-state index in [4.69, 9.17) is 0 Å². The van der Waals surface area contributed by atoms with Gasteiger partial charge in [0, 0.05) is 16.2 Å². The molecule has 0 saturated carbocycles. The van der Waals surface area contributed by atoms with Crippen LogP contribution in [0.5, 0.6) is 0 Å². The third kappa shape index (κ3) is 2.06. The molecule has 0 aromatic heterocycles. The first-order valence-corrected chi connectivity index (χ1v) is 8.42. The molecule has 5 rings (SSSR count). The van der Waals surface area contributed by atoms with Crippen LogP contribution >= 0.6 is 0 Å². The lowest BCUT2D eigenvalue weighted by molar-refractivity contribution is 0.651. The number of rotatable bonds is 1. The van der Waals surface area contributed by atoms with Crippen molar-refractivity contribution in [1.29, 1.82) is 0 Å². The zero-order valence-electron chi connectivity index (χ0n) is 13.5. The van der Waals surface area contributed by atoms with Crippen LogP contribution < -0.4 is 0 Å². The molecule has 0 fully saturated rings. The molecule has 0 amide bonds. The van der Waals surface area contributed by atoms with Crippen LogP contribution in [0.25, 0.3) is 43.4 Å². The fourth-order valence-corrected chi connectivity index (χ4v) is 3.80. The van der Waals surface area contributed by atoms with Crippen LogP contribution in [-0.4, -0.2) is 0 Å². The summed E-state index contributed by atoms with van der Waals surface area (Å²) in [4.78, 5) is 0. The standard InChI is InChI=1S/C24H15F/c25-24-20-13-7-6-12-19(20)22(17-9-2-1-3-10-17)23-18-11-5-4-8-16(18)14-15-21(23)24/h1-15H. The highest BCUT2D eigenvalue weighted by atomic mass is 19.1. The number of fused-ring (bicyclic) bond motifs is 4. The molecule has 1 heteroatoms. The highest BCUT2D eigenvalue weighted by Crippen LogP contribution is 2.41. The lowest BCUT2D eigenvalue weighted by Crippen LogP contribution is -1.91. The molecule has 0 N–H and O–H groups in total. The number of hydrogen-bond acceptors (Lipinski definition) is 0. The number of halogens is 1. The van der Waals surface area contributed by atoms with E-state index in [1.165, 1.54) is 0 Å². The van der Waals surface area contributed by atoms with Crippen molar-refractivity contribution >= 4 is 32.3 Å². The lowest BCUT2D eigenvalue weighted by atomic mass is 9.89. The zero-order valence-corrected chi connectivity index (χ0v) is 13.5. The average Bonchev–Trinajstić information content (AvgIpc) is 2.69. The predicted molar refractivity (Wildman–Crippen MR) is 104 cm³/mol. The number of hydrogen-bond donors (Lipinski definition) is 0. The summed E-state index contributed by atoms with van der Waals surface area (Å²) in [5, 5.41) is 5.50. The summed E-state index contributed by atoms with van der Waals surface area (Å²) in [5.41, 5.74) is 2.21. The van der Waals surface area contributed by atoms with Crippen LogP contribution in [-0.2, 0) is 0 Å². The van der Waals surface area contributed by atoms with Gasteiger partial charge in [-0.1, -0.05) is 91.0 Å². The minimum atomic E-state index is -0.143. The maximum Gasteiger partial charge on any atom is 0.138 e. The largest absolute Gasteiger partial charge is 0.206 e. The van der Waals surface area contributed by atoms with E-state index >= 15 is 4.39 Å². The van der Waals surface area contributed by atoms with Crippen molar-refractivity contribution in [2.75, 3.05) is 0 Å². The van der Waals surface area contributed by atoms with Gasteiger partial charge in [0.1, 0.15) is 5.82 Å². The summed E-state index contributed by atoms with van der Waals surface area (Å²) in [6, 6.07) is 30.1. The van der Waals surface area contributed by atoms with Crippen LogP contribution in [0, 0.1) is 5.82 Å². The van der Waals surface area contributed by atoms with Crippen molar-refractivity contribution in [2.24, 2.45) is 0 Å². The van der Waals surface area contributed by atoms with Crippen molar-refractivity contribution in [2.45, 2.75) is 0 Å². The molecular weight excluding hydrogens is 307 g/mol. The van der Waals surface area contributed by atoms with Crippen LogP contribution in [0.2, 0.25) is 0 Å². The van der Waals surface area contributed by atoms with Crippen molar-refractivity contribution in [1.82, 2.24) is 0 Å². The van der Waals surface area contributed by atoms with Gasteiger partial charge in [-0.05, 0) is 27.3 Å².